The molecule has 5 amide bonds. The van der Waals surface area contributed by atoms with Crippen LogP contribution in [-0.2, 0) is 110 Å². The van der Waals surface area contributed by atoms with E-state index < -0.39 is 47.6 Å². The predicted octanol–water partition coefficient (Wildman–Crippen LogP) is 12.4. The summed E-state index contributed by atoms with van der Waals surface area (Å²) in [7, 11) is 11.5. The van der Waals surface area contributed by atoms with Crippen molar-refractivity contribution in [3.8, 4) is 28.7 Å². The standard InChI is InChI=1S/C17H23NO5.C16H19N3O2.C16H23NO5.C15H17NO4.C13H19NO2.C13H21NO.C8H11NO.C5H8O2.CH6N2/c1-4-23-17(21)16(20)18(11-5-6-13(2)19)12-14-7-9-15(22-3)10-8-14;1-11-14-8-9-19(16(20)15(14)18(2)17-11)10-12-4-6-13(21-3)7-5-12;1-4-22-16(20)15(19)17(10-6-7-12(2)18)13-8-5-9-14(11-13)21-3;1-10(17)13-7-8-16(15(19)14(13)18)9-11-3-5-12(20-2)6-4-11;1-10-3-6-12(7-4-10)9-14-13(16)8-5-11(2)15;1-11-5-7-13(8-6-11)10-14-9-3-4-12(2)15;1-10-8-4-2-7(6-9)3-5-8;1-4-2-3-5(6)7-4;1-3-2/h7-10H,4-6,11-12H2,1-3H3;4-7H,8-10H2,1-3H3;5,8-9,11-12,18H,4,6-7,10H2,1-3H3;3-6,18H,7-9H2,1-2H3;3-4,6-7,11,15H,5,8-9H2,1-2H3,(H,14,16);5-8,12,14-15H,3-4,9-10H2,1-2H3;2-5H,6,9H2,1H3;4H,2-3H2,1H3;3H,2H2,1H3. The van der Waals surface area contributed by atoms with Gasteiger partial charge in [-0.25, -0.2) is 9.59 Å². The Kier molecular flexibility index (Phi) is 57.4. The van der Waals surface area contributed by atoms with E-state index in [2.05, 4.69) is 58.2 Å². The van der Waals surface area contributed by atoms with Crippen molar-refractivity contribution in [3.63, 3.8) is 0 Å². The largest absolute Gasteiger partial charge is 0.503 e. The van der Waals surface area contributed by atoms with Crippen molar-refractivity contribution >= 4 is 64.7 Å². The number of aliphatic hydroxyl groups is 4. The molecule has 1 saturated heterocycles. The maximum atomic E-state index is 12.6. The number of hydrogen-bond acceptors (Lipinski definition) is 27. The molecule has 11 rings (SSSR count). The summed E-state index contributed by atoms with van der Waals surface area (Å²) in [5, 5.41) is 47.8. The lowest BCUT2D eigenvalue weighted by atomic mass is 10.0. The number of carbonyl (C=O) groups is 10. The van der Waals surface area contributed by atoms with Gasteiger partial charge in [-0.15, -0.1) is 0 Å². The second-order valence-corrected chi connectivity index (χ2v) is 32.5. The van der Waals surface area contributed by atoms with Crippen molar-refractivity contribution < 1.29 is 106 Å². The van der Waals surface area contributed by atoms with Gasteiger partial charge >= 0.3 is 29.7 Å². The van der Waals surface area contributed by atoms with Crippen LogP contribution in [-0.4, -0.2) is 217 Å². The summed E-state index contributed by atoms with van der Waals surface area (Å²) in [5.74, 6) is 4.09. The molecule has 0 aliphatic carbocycles. The van der Waals surface area contributed by atoms with Gasteiger partial charge in [0.2, 0.25) is 5.91 Å². The van der Waals surface area contributed by atoms with Crippen molar-refractivity contribution in [1.29, 1.82) is 0 Å². The van der Waals surface area contributed by atoms with E-state index in [9.17, 15) is 58.2 Å². The highest BCUT2D eigenvalue weighted by Crippen LogP contribution is 2.27. The Balaban J connectivity index is 0.000000408. The molecule has 0 saturated carbocycles. The fourth-order valence-electron chi connectivity index (χ4n) is 13.3. The Morgan fingerprint density at radius 2 is 1.01 bits per heavy atom. The van der Waals surface area contributed by atoms with Crippen LogP contribution in [0, 0.1) is 20.8 Å². The molecule has 3 aliphatic heterocycles. The molecule has 1 fully saturated rings. The van der Waals surface area contributed by atoms with Gasteiger partial charge in [0, 0.05) is 115 Å². The fraction of sp³-hybridized carbons (Fsp3) is 0.452. The number of esters is 3. The highest BCUT2D eigenvalue weighted by atomic mass is 16.6. The zero-order valence-electron chi connectivity index (χ0n) is 83.1. The van der Waals surface area contributed by atoms with E-state index in [1.54, 1.807) is 104 Å². The Morgan fingerprint density at radius 1 is 0.555 bits per heavy atom. The molecular weight excluding hydrogens is 1760 g/mol. The summed E-state index contributed by atoms with van der Waals surface area (Å²) in [6, 6.07) is 53.7. The molecule has 4 heterocycles. The third-order valence-electron chi connectivity index (χ3n) is 21.0. The molecule has 3 aliphatic rings. The number of aliphatic hydroxyl groups excluding tert-OH is 4. The van der Waals surface area contributed by atoms with Gasteiger partial charge in [-0.05, 0) is 242 Å². The number of fused-ring (bicyclic) bond motifs is 1. The summed E-state index contributed by atoms with van der Waals surface area (Å²) in [5.41, 5.74) is 20.2. The normalized spacial score (nSPS) is 13.2. The summed E-state index contributed by atoms with van der Waals surface area (Å²) in [4.78, 5) is 123. The second kappa shape index (κ2) is 66.5. The summed E-state index contributed by atoms with van der Waals surface area (Å²) >= 11 is 0. The molecule has 137 heavy (non-hydrogen) atoms. The van der Waals surface area contributed by atoms with Gasteiger partial charge in [-0.3, -0.25) is 49.5 Å². The lowest BCUT2D eigenvalue weighted by Gasteiger charge is -2.27. The second-order valence-electron chi connectivity index (χ2n) is 32.5. The Labute approximate surface area is 807 Å². The molecule has 8 aromatic rings. The van der Waals surface area contributed by atoms with E-state index in [4.69, 9.17) is 53.8 Å². The minimum Gasteiger partial charge on any atom is -0.503 e. The van der Waals surface area contributed by atoms with Crippen molar-refractivity contribution in [2.45, 2.75) is 217 Å². The van der Waals surface area contributed by atoms with Crippen molar-refractivity contribution in [2.24, 2.45) is 18.6 Å². The van der Waals surface area contributed by atoms with E-state index >= 15 is 0 Å². The van der Waals surface area contributed by atoms with Crippen LogP contribution < -0.4 is 56.2 Å². The third kappa shape index (κ3) is 47.0. The van der Waals surface area contributed by atoms with Crippen LogP contribution in [0.15, 0.2) is 181 Å². The van der Waals surface area contributed by atoms with Gasteiger partial charge in [-0.1, -0.05) is 114 Å². The number of nitrogens with two attached hydrogens (primary N) is 2. The van der Waals surface area contributed by atoms with E-state index in [1.165, 1.54) is 52.3 Å². The van der Waals surface area contributed by atoms with Crippen LogP contribution in [0.25, 0.3) is 0 Å². The van der Waals surface area contributed by atoms with Crippen LogP contribution >= 0.6 is 0 Å². The van der Waals surface area contributed by atoms with Crippen molar-refractivity contribution in [3.05, 3.63) is 243 Å². The number of anilines is 1. The number of benzene rings is 7. The molecule has 0 spiro atoms. The average Bonchev–Trinajstić information content (AvgIpc) is 1.63. The number of methoxy groups -OCH3 is 5. The van der Waals surface area contributed by atoms with Gasteiger partial charge in [0.15, 0.2) is 11.5 Å². The van der Waals surface area contributed by atoms with E-state index in [1.807, 2.05) is 149 Å². The molecular formula is C104H147N11O22. The molecule has 0 radical (unpaired) electrons. The Bertz CT molecular complexity index is 4930. The molecule has 0 bridgehead atoms. The highest BCUT2D eigenvalue weighted by Gasteiger charge is 2.32. The summed E-state index contributed by atoms with van der Waals surface area (Å²) in [6.45, 7) is 25.8. The topological polar surface area (TPSA) is 444 Å². The first-order valence-electron chi connectivity index (χ1n) is 46.0. The van der Waals surface area contributed by atoms with Crippen LogP contribution in [0.3, 0.4) is 0 Å². The van der Waals surface area contributed by atoms with Crippen LogP contribution in [0.1, 0.15) is 192 Å². The average molecular weight is 1900 g/mol. The zero-order chi connectivity index (χ0) is 102. The number of hydrogen-bond donors (Lipinski definition) is 9. The monoisotopic (exact) mass is 1900 g/mol. The molecule has 1 aromatic heterocycles. The zero-order valence-corrected chi connectivity index (χ0v) is 83.1. The number of rotatable bonds is 35. The number of hydrazine groups is 1. The van der Waals surface area contributed by atoms with Crippen molar-refractivity contribution in [2.75, 3.05) is 93.4 Å². The molecule has 750 valence electrons. The van der Waals surface area contributed by atoms with E-state index in [0.717, 1.165) is 107 Å². The van der Waals surface area contributed by atoms with Crippen LogP contribution in [0.4, 0.5) is 5.69 Å². The molecule has 11 N–H and O–H groups in total. The summed E-state index contributed by atoms with van der Waals surface area (Å²) in [6.07, 6.45) is 6.70. The fourth-order valence-corrected chi connectivity index (χ4v) is 13.3. The number of ketones is 2. The van der Waals surface area contributed by atoms with E-state index in [0.29, 0.717) is 114 Å². The van der Waals surface area contributed by atoms with Gasteiger partial charge in [0.25, 0.3) is 11.8 Å². The first-order valence-corrected chi connectivity index (χ1v) is 46.0. The minimum absolute atomic E-state index is 0.0125. The number of cyclic esters (lactones) is 1. The number of ether oxygens (including phenoxy) is 8. The van der Waals surface area contributed by atoms with Gasteiger partial charge < -0.3 is 99.1 Å². The lowest BCUT2D eigenvalue weighted by Crippen LogP contribution is -2.38. The SMILES string of the molecule is CC1CCC(=O)O1.CCOC(=O)C(=O)N(CCCC(C)=O)Cc1ccc(OC)cc1.CCOC(=O)C(=O)N(CCCC(C)O)c1cccc(OC)c1.CNN.COc1ccc(CN)cc1.COc1ccc(CN2CCC(C(C)=O)=C(O)C2=O)cc1.COc1ccc(CN2CCc3c(C)nn(C)c3C2=O)cc1.Cc1ccc(CNC(=O)CCC(C)O)cc1.Cc1ccc(CNCCCC(C)O)cc1. The van der Waals surface area contributed by atoms with Crippen LogP contribution in [0.2, 0.25) is 0 Å². The highest BCUT2D eigenvalue weighted by molar-refractivity contribution is 6.38. The number of nitrogens with zero attached hydrogens (tertiary/aromatic N) is 6. The smallest absolute Gasteiger partial charge is 0.397 e. The number of amides is 5. The summed E-state index contributed by atoms with van der Waals surface area (Å²) < 4.78 is 41.4. The molecule has 4 atom stereocenters. The predicted molar refractivity (Wildman–Crippen MR) is 527 cm³/mol. The number of aryl methyl sites for hydroxylation is 4. The van der Waals surface area contributed by atoms with Crippen molar-refractivity contribution in [1.82, 2.24) is 40.5 Å². The molecule has 7 aromatic carbocycles. The van der Waals surface area contributed by atoms with Crippen LogP contribution in [0.5, 0.6) is 28.7 Å². The third-order valence-corrected chi connectivity index (χ3v) is 21.0. The Hall–Kier alpha value is -12.9. The molecule has 4 unspecified atom stereocenters. The number of Topliss-reactive ketones (excluding diaryl/α,β-unsaturated/α-hetero) is 2. The van der Waals surface area contributed by atoms with E-state index in [-0.39, 0.29) is 66.9 Å². The Morgan fingerprint density at radius 3 is 1.45 bits per heavy atom. The minimum atomic E-state index is -0.887. The quantitative estimate of drug-likeness (QED) is 0.00445. The molecule has 33 nitrogen and oxygen atoms in total. The first-order chi connectivity index (χ1) is 65.4. The maximum Gasteiger partial charge on any atom is 0.397 e. The first kappa shape index (κ1) is 118. The van der Waals surface area contributed by atoms with Gasteiger partial charge in [0.05, 0.1) is 78.9 Å². The number of nitrogens with one attached hydrogen (secondary N) is 3. The number of carbonyl (C=O) groups excluding carboxylic acids is 10. The molecule has 33 heteroatoms. The number of aromatic nitrogens is 2. The lowest BCUT2D eigenvalue weighted by molar-refractivity contribution is -0.160. The van der Waals surface area contributed by atoms with Gasteiger partial charge in [-0.2, -0.15) is 5.10 Å². The van der Waals surface area contributed by atoms with Gasteiger partial charge in [0.1, 0.15) is 40.2 Å². The maximum absolute atomic E-state index is 12.6.